The Balaban J connectivity index is 2.04. The molecular weight excluding hydrogens is 342 g/mol. The summed E-state index contributed by atoms with van der Waals surface area (Å²) in [4.78, 5) is 22.8. The highest BCUT2D eigenvalue weighted by molar-refractivity contribution is 7.25. The van der Waals surface area contributed by atoms with Gasteiger partial charge < -0.3 is 0 Å². The van der Waals surface area contributed by atoms with Crippen LogP contribution in [0.2, 0.25) is 5.02 Å². The Morgan fingerprint density at radius 3 is 2.58 bits per heavy atom. The minimum atomic E-state index is -0.0833. The number of pyridine rings is 1. The maximum atomic E-state index is 12.9. The first-order valence-electron chi connectivity index (χ1n) is 7.61. The Morgan fingerprint density at radius 2 is 1.88 bits per heavy atom. The van der Waals surface area contributed by atoms with Gasteiger partial charge in [-0.3, -0.25) is 9.36 Å². The van der Waals surface area contributed by atoms with Crippen molar-refractivity contribution in [1.29, 1.82) is 0 Å². The third-order valence-electron chi connectivity index (χ3n) is 4.04. The Labute approximate surface area is 147 Å². The molecule has 0 aliphatic heterocycles. The number of hydrogen-bond donors (Lipinski definition) is 0. The third kappa shape index (κ3) is 2.32. The number of aromatic nitrogens is 3. The van der Waals surface area contributed by atoms with E-state index in [9.17, 15) is 4.79 Å². The molecule has 3 heterocycles. The molecule has 0 saturated heterocycles. The summed E-state index contributed by atoms with van der Waals surface area (Å²) in [6.07, 6.45) is 3.38. The van der Waals surface area contributed by atoms with Crippen LogP contribution in [-0.4, -0.2) is 14.5 Å². The fourth-order valence-electron chi connectivity index (χ4n) is 2.84. The lowest BCUT2D eigenvalue weighted by Gasteiger charge is -2.07. The molecule has 0 radical (unpaired) electrons. The monoisotopic (exact) mass is 355 g/mol. The maximum absolute atomic E-state index is 12.9. The molecule has 0 N–H and O–H groups in total. The Kier molecular flexibility index (Phi) is 3.62. The summed E-state index contributed by atoms with van der Waals surface area (Å²) in [6.45, 7) is 4.26. The van der Waals surface area contributed by atoms with E-state index in [0.29, 0.717) is 15.6 Å². The van der Waals surface area contributed by atoms with Crippen LogP contribution in [0.3, 0.4) is 0 Å². The number of fused-ring (bicyclic) bond motifs is 3. The van der Waals surface area contributed by atoms with Gasteiger partial charge >= 0.3 is 0 Å². The molecule has 0 saturated carbocycles. The molecule has 0 atom stereocenters. The van der Waals surface area contributed by atoms with Crippen molar-refractivity contribution < 1.29 is 0 Å². The Bertz CT molecular complexity index is 1110. The molecule has 24 heavy (non-hydrogen) atoms. The molecular formula is C18H14ClN3OS. The molecule has 0 spiro atoms. The van der Waals surface area contributed by atoms with Crippen molar-refractivity contribution in [2.45, 2.75) is 19.8 Å². The number of hydrogen-bond acceptors (Lipinski definition) is 4. The van der Waals surface area contributed by atoms with Gasteiger partial charge in [0.05, 0.1) is 11.2 Å². The second kappa shape index (κ2) is 5.69. The lowest BCUT2D eigenvalue weighted by atomic mass is 10.0. The van der Waals surface area contributed by atoms with Gasteiger partial charge in [0.2, 0.25) is 0 Å². The highest BCUT2D eigenvalue weighted by atomic mass is 35.5. The summed E-state index contributed by atoms with van der Waals surface area (Å²) in [5.41, 5.74) is 2.57. The van der Waals surface area contributed by atoms with Crippen molar-refractivity contribution in [1.82, 2.24) is 14.5 Å². The van der Waals surface area contributed by atoms with Crippen molar-refractivity contribution in [3.63, 3.8) is 0 Å². The summed E-state index contributed by atoms with van der Waals surface area (Å²) in [5, 5.41) is 1.63. The van der Waals surface area contributed by atoms with E-state index in [2.05, 4.69) is 23.8 Å². The second-order valence-electron chi connectivity index (χ2n) is 5.91. The maximum Gasteiger partial charge on any atom is 0.275 e. The van der Waals surface area contributed by atoms with Crippen molar-refractivity contribution in [2.75, 3.05) is 0 Å². The van der Waals surface area contributed by atoms with E-state index in [1.165, 1.54) is 16.9 Å². The van der Waals surface area contributed by atoms with E-state index in [1.54, 1.807) is 29.2 Å². The topological polar surface area (TPSA) is 47.8 Å². The van der Waals surface area contributed by atoms with Crippen LogP contribution in [0.4, 0.5) is 0 Å². The Morgan fingerprint density at radius 1 is 1.12 bits per heavy atom. The predicted molar refractivity (Wildman–Crippen MR) is 99.6 cm³/mol. The van der Waals surface area contributed by atoms with Gasteiger partial charge in [0.1, 0.15) is 15.9 Å². The van der Waals surface area contributed by atoms with Gasteiger partial charge in [0.25, 0.3) is 5.56 Å². The SMILES string of the molecule is CC(C)c1ccnc2sc3c(=O)n(-c4ccc(Cl)cc4)cnc3c12. The lowest BCUT2D eigenvalue weighted by Crippen LogP contribution is -2.17. The number of rotatable bonds is 2. The van der Waals surface area contributed by atoms with Gasteiger partial charge in [-0.1, -0.05) is 25.4 Å². The zero-order valence-corrected chi connectivity index (χ0v) is 14.7. The van der Waals surface area contributed by atoms with Gasteiger partial charge in [-0.25, -0.2) is 9.97 Å². The van der Waals surface area contributed by atoms with E-state index in [-0.39, 0.29) is 5.56 Å². The number of nitrogens with zero attached hydrogens (tertiary/aromatic N) is 3. The Hall–Kier alpha value is -2.24. The van der Waals surface area contributed by atoms with Gasteiger partial charge in [0, 0.05) is 16.6 Å². The smallest absolute Gasteiger partial charge is 0.267 e. The summed E-state index contributed by atoms with van der Waals surface area (Å²) >= 11 is 7.32. The van der Waals surface area contributed by atoms with Gasteiger partial charge in [0.15, 0.2) is 0 Å². The van der Waals surface area contributed by atoms with Crippen molar-refractivity contribution in [3.8, 4) is 5.69 Å². The lowest BCUT2D eigenvalue weighted by molar-refractivity contribution is 0.875. The standard InChI is InChI=1S/C18H14ClN3OS/c1-10(2)13-7-8-20-17-14(13)15-16(24-17)18(23)22(9-21-15)12-5-3-11(19)4-6-12/h3-10H,1-2H3. The van der Waals surface area contributed by atoms with Crippen LogP contribution in [0.5, 0.6) is 0 Å². The van der Waals surface area contributed by atoms with Crippen LogP contribution in [0.1, 0.15) is 25.3 Å². The molecule has 0 bridgehead atoms. The van der Waals surface area contributed by atoms with Gasteiger partial charge in [-0.15, -0.1) is 11.3 Å². The average molecular weight is 356 g/mol. The normalized spacial score (nSPS) is 11.7. The first-order valence-corrected chi connectivity index (χ1v) is 8.80. The average Bonchev–Trinajstić information content (AvgIpc) is 2.96. The van der Waals surface area contributed by atoms with Gasteiger partial charge in [-0.05, 0) is 41.8 Å². The summed E-state index contributed by atoms with van der Waals surface area (Å²) in [7, 11) is 0. The molecule has 4 rings (SSSR count). The summed E-state index contributed by atoms with van der Waals surface area (Å²) in [6, 6.07) is 9.14. The minimum absolute atomic E-state index is 0.0833. The van der Waals surface area contributed by atoms with E-state index in [0.717, 1.165) is 21.4 Å². The molecule has 6 heteroatoms. The highest BCUT2D eigenvalue weighted by Crippen LogP contribution is 2.34. The second-order valence-corrected chi connectivity index (χ2v) is 7.35. The summed E-state index contributed by atoms with van der Waals surface area (Å²) < 4.78 is 2.17. The molecule has 4 aromatic rings. The number of thiophene rings is 1. The van der Waals surface area contributed by atoms with Crippen LogP contribution in [0.15, 0.2) is 47.7 Å². The van der Waals surface area contributed by atoms with Crippen molar-refractivity contribution >= 4 is 43.4 Å². The van der Waals surface area contributed by atoms with Gasteiger partial charge in [-0.2, -0.15) is 0 Å². The predicted octanol–water partition coefficient (Wildman–Crippen LogP) is 4.77. The molecule has 0 unspecified atom stereocenters. The highest BCUT2D eigenvalue weighted by Gasteiger charge is 2.17. The first-order chi connectivity index (χ1) is 11.6. The van der Waals surface area contributed by atoms with E-state index >= 15 is 0 Å². The van der Waals surface area contributed by atoms with E-state index in [1.807, 2.05) is 18.2 Å². The minimum Gasteiger partial charge on any atom is -0.267 e. The van der Waals surface area contributed by atoms with Crippen LogP contribution in [0, 0.1) is 0 Å². The zero-order chi connectivity index (χ0) is 16.8. The molecule has 0 fully saturated rings. The van der Waals surface area contributed by atoms with Crippen LogP contribution < -0.4 is 5.56 Å². The number of benzene rings is 1. The largest absolute Gasteiger partial charge is 0.275 e. The molecule has 0 aliphatic rings. The molecule has 3 aromatic heterocycles. The molecule has 1 aromatic carbocycles. The van der Waals surface area contributed by atoms with Crippen molar-refractivity contribution in [2.24, 2.45) is 0 Å². The molecule has 0 aliphatic carbocycles. The quantitative estimate of drug-likeness (QED) is 0.520. The number of halogens is 1. The van der Waals surface area contributed by atoms with E-state index in [4.69, 9.17) is 11.6 Å². The molecule has 4 nitrogen and oxygen atoms in total. The first kappa shape index (κ1) is 15.3. The molecule has 0 amide bonds. The fourth-order valence-corrected chi connectivity index (χ4v) is 4.03. The van der Waals surface area contributed by atoms with E-state index < -0.39 is 0 Å². The van der Waals surface area contributed by atoms with Crippen molar-refractivity contribution in [3.05, 3.63) is 63.8 Å². The zero-order valence-electron chi connectivity index (χ0n) is 13.2. The summed E-state index contributed by atoms with van der Waals surface area (Å²) in [5.74, 6) is 0.341. The third-order valence-corrected chi connectivity index (χ3v) is 5.37. The molecule has 120 valence electrons. The van der Waals surface area contributed by atoms with Crippen LogP contribution in [-0.2, 0) is 0 Å². The van der Waals surface area contributed by atoms with Crippen LogP contribution in [0.25, 0.3) is 26.1 Å². The fraction of sp³-hybridized carbons (Fsp3) is 0.167. The van der Waals surface area contributed by atoms with Crippen LogP contribution >= 0.6 is 22.9 Å².